The normalized spacial score (nSPS) is 12.3. The van der Waals surface area contributed by atoms with E-state index in [1.165, 1.54) is 4.90 Å². The Hall–Kier alpha value is -1.65. The fourth-order valence-corrected chi connectivity index (χ4v) is 4.25. The lowest BCUT2D eigenvalue weighted by Gasteiger charge is -2.09. The van der Waals surface area contributed by atoms with Gasteiger partial charge in [-0.2, -0.15) is 0 Å². The third kappa shape index (κ3) is 6.18. The molecule has 0 aliphatic rings. The molecule has 3 rings (SSSR count). The summed E-state index contributed by atoms with van der Waals surface area (Å²) in [5.41, 5.74) is 2.00. The summed E-state index contributed by atoms with van der Waals surface area (Å²) in [5.74, 6) is 0. The van der Waals surface area contributed by atoms with E-state index in [1.54, 1.807) is 23.5 Å². The van der Waals surface area contributed by atoms with Crippen LogP contribution in [0.5, 0.6) is 0 Å². The molecule has 0 N–H and O–H groups in total. The minimum atomic E-state index is 0.543. The van der Waals surface area contributed by atoms with Crippen LogP contribution in [0.15, 0.2) is 105 Å². The zero-order chi connectivity index (χ0) is 19.1. The minimum Gasteiger partial charge on any atom is -0.241 e. The molecular formula is C22H17Cl2NS2. The maximum Gasteiger partial charge on any atom is 0.105 e. The van der Waals surface area contributed by atoms with Crippen molar-refractivity contribution in [2.75, 3.05) is 0 Å². The molecule has 0 atom stereocenters. The number of halogens is 2. The highest BCUT2D eigenvalue weighted by molar-refractivity contribution is 8.14. The molecule has 27 heavy (non-hydrogen) atoms. The summed E-state index contributed by atoms with van der Waals surface area (Å²) in [7, 11) is 0. The van der Waals surface area contributed by atoms with Gasteiger partial charge in [0, 0.05) is 9.79 Å². The van der Waals surface area contributed by atoms with E-state index in [2.05, 4.69) is 24.5 Å². The van der Waals surface area contributed by atoms with Gasteiger partial charge in [-0.1, -0.05) is 83.1 Å². The average molecular weight is 430 g/mol. The predicted molar refractivity (Wildman–Crippen MR) is 122 cm³/mol. The van der Waals surface area contributed by atoms with E-state index >= 15 is 0 Å². The quantitative estimate of drug-likeness (QED) is 0.228. The molecule has 0 heterocycles. The van der Waals surface area contributed by atoms with E-state index in [0.29, 0.717) is 10.0 Å². The number of hydrogen-bond acceptors (Lipinski definition) is 3. The molecule has 0 saturated carbocycles. The van der Waals surface area contributed by atoms with Crippen molar-refractivity contribution < 1.29 is 0 Å². The third-order valence-corrected chi connectivity index (χ3v) is 6.40. The molecule has 1 nitrogen and oxygen atoms in total. The lowest BCUT2D eigenvalue weighted by Crippen LogP contribution is -1.94. The first-order chi connectivity index (χ1) is 13.1. The maximum absolute atomic E-state index is 6.17. The molecule has 0 spiro atoms. The Bertz CT molecular complexity index is 955. The number of hydrogen-bond donors (Lipinski definition) is 0. The van der Waals surface area contributed by atoms with Gasteiger partial charge in [0.1, 0.15) is 5.04 Å². The Labute approximate surface area is 178 Å². The van der Waals surface area contributed by atoms with Crippen molar-refractivity contribution in [1.29, 1.82) is 0 Å². The summed E-state index contributed by atoms with van der Waals surface area (Å²) in [6, 6.07) is 25.8. The molecule has 3 aromatic rings. The van der Waals surface area contributed by atoms with Crippen LogP contribution < -0.4 is 0 Å². The molecule has 0 aliphatic heterocycles. The van der Waals surface area contributed by atoms with Crippen LogP contribution >= 0.6 is 46.7 Å². The topological polar surface area (TPSA) is 12.4 Å². The molecule has 0 aromatic heterocycles. The summed E-state index contributed by atoms with van der Waals surface area (Å²) < 4.78 is 0. The number of benzene rings is 3. The molecule has 0 unspecified atom stereocenters. The van der Waals surface area contributed by atoms with Gasteiger partial charge in [-0.05, 0) is 60.4 Å². The second kappa shape index (κ2) is 10.0. The molecule has 3 aromatic carbocycles. The zero-order valence-corrected chi connectivity index (χ0v) is 17.7. The molecule has 0 bridgehead atoms. The van der Waals surface area contributed by atoms with Crippen molar-refractivity contribution in [3.8, 4) is 0 Å². The number of rotatable bonds is 5. The summed E-state index contributed by atoms with van der Waals surface area (Å²) in [6.07, 6.45) is 0. The Morgan fingerprint density at radius 2 is 1.48 bits per heavy atom. The fourth-order valence-electron chi connectivity index (χ4n) is 2.17. The van der Waals surface area contributed by atoms with Crippen molar-refractivity contribution in [1.82, 2.24) is 0 Å². The van der Waals surface area contributed by atoms with Crippen molar-refractivity contribution in [2.45, 2.75) is 16.7 Å². The lowest BCUT2D eigenvalue weighted by atomic mass is 10.3. The third-order valence-electron chi connectivity index (χ3n) is 3.54. The van der Waals surface area contributed by atoms with Gasteiger partial charge in [0.05, 0.1) is 15.7 Å². The van der Waals surface area contributed by atoms with Crippen LogP contribution in [-0.2, 0) is 0 Å². The van der Waals surface area contributed by atoms with E-state index in [9.17, 15) is 0 Å². The molecule has 0 radical (unpaired) electrons. The van der Waals surface area contributed by atoms with Crippen LogP contribution in [0.25, 0.3) is 0 Å². The van der Waals surface area contributed by atoms with Crippen LogP contribution in [-0.4, -0.2) is 5.04 Å². The van der Waals surface area contributed by atoms with Crippen LogP contribution in [0.2, 0.25) is 10.0 Å². The largest absolute Gasteiger partial charge is 0.241 e. The summed E-state index contributed by atoms with van der Waals surface area (Å²) in [5, 5.41) is 4.14. The van der Waals surface area contributed by atoms with Crippen LogP contribution in [0.3, 0.4) is 0 Å². The monoisotopic (exact) mass is 429 g/mol. The first-order valence-electron chi connectivity index (χ1n) is 8.27. The van der Waals surface area contributed by atoms with Gasteiger partial charge < -0.3 is 0 Å². The SMILES string of the molecule is CC(=C\Sc1ccccc1)/C(=N\c1ccccc1)Sc1ccc(Cl)c(Cl)c1. The smallest absolute Gasteiger partial charge is 0.105 e. The second-order valence-corrected chi connectivity index (χ2v) is 8.48. The molecule has 5 heteroatoms. The Balaban J connectivity index is 1.89. The van der Waals surface area contributed by atoms with Crippen LogP contribution in [0.1, 0.15) is 6.92 Å². The Morgan fingerprint density at radius 1 is 0.815 bits per heavy atom. The Kier molecular flexibility index (Phi) is 7.48. The molecule has 136 valence electrons. The molecule has 0 aliphatic carbocycles. The van der Waals surface area contributed by atoms with Gasteiger partial charge >= 0.3 is 0 Å². The van der Waals surface area contributed by atoms with Crippen molar-refractivity contribution >= 4 is 57.5 Å². The number of aliphatic imine (C=N–C) groups is 1. The molecule has 0 fully saturated rings. The summed E-state index contributed by atoms with van der Waals surface area (Å²) >= 11 is 15.5. The highest BCUT2D eigenvalue weighted by atomic mass is 35.5. The number of para-hydroxylation sites is 1. The second-order valence-electron chi connectivity index (χ2n) is 5.66. The van der Waals surface area contributed by atoms with Crippen molar-refractivity contribution in [3.63, 3.8) is 0 Å². The van der Waals surface area contributed by atoms with E-state index < -0.39 is 0 Å². The number of nitrogens with zero attached hydrogens (tertiary/aromatic N) is 1. The van der Waals surface area contributed by atoms with E-state index in [-0.39, 0.29) is 0 Å². The summed E-state index contributed by atoms with van der Waals surface area (Å²) in [4.78, 5) is 7.03. The number of thioether (sulfide) groups is 2. The summed E-state index contributed by atoms with van der Waals surface area (Å²) in [6.45, 7) is 2.07. The van der Waals surface area contributed by atoms with E-state index in [4.69, 9.17) is 28.2 Å². The lowest BCUT2D eigenvalue weighted by molar-refractivity contribution is 1.46. The van der Waals surface area contributed by atoms with Gasteiger partial charge in [-0.3, -0.25) is 0 Å². The Morgan fingerprint density at radius 3 is 2.15 bits per heavy atom. The van der Waals surface area contributed by atoms with E-state index in [1.807, 2.05) is 66.7 Å². The van der Waals surface area contributed by atoms with Gasteiger partial charge in [-0.15, -0.1) is 0 Å². The van der Waals surface area contributed by atoms with Gasteiger partial charge in [0.2, 0.25) is 0 Å². The molecular weight excluding hydrogens is 413 g/mol. The van der Waals surface area contributed by atoms with E-state index in [0.717, 1.165) is 21.2 Å². The van der Waals surface area contributed by atoms with Crippen molar-refractivity contribution in [2.24, 2.45) is 4.99 Å². The van der Waals surface area contributed by atoms with Crippen molar-refractivity contribution in [3.05, 3.63) is 99.9 Å². The van der Waals surface area contributed by atoms with Crippen LogP contribution in [0.4, 0.5) is 5.69 Å². The first kappa shape index (κ1) is 20.1. The fraction of sp³-hybridized carbons (Fsp3) is 0.0455. The highest BCUT2D eigenvalue weighted by Gasteiger charge is 2.08. The van der Waals surface area contributed by atoms with Crippen LogP contribution in [0, 0.1) is 0 Å². The van der Waals surface area contributed by atoms with Gasteiger partial charge in [-0.25, -0.2) is 4.99 Å². The predicted octanol–water partition coefficient (Wildman–Crippen LogP) is 8.51. The molecule has 0 amide bonds. The zero-order valence-electron chi connectivity index (χ0n) is 14.6. The molecule has 0 saturated heterocycles. The van der Waals surface area contributed by atoms with Gasteiger partial charge in [0.15, 0.2) is 0 Å². The average Bonchev–Trinajstić information content (AvgIpc) is 2.70. The highest BCUT2D eigenvalue weighted by Crippen LogP contribution is 2.32. The maximum atomic E-state index is 6.17. The first-order valence-corrected chi connectivity index (χ1v) is 10.7. The standard InChI is InChI=1S/C22H17Cl2NS2/c1-16(15-26-18-10-6-3-7-11-18)22(25-17-8-4-2-5-9-17)27-19-12-13-20(23)21(24)14-19/h2-15H,1H3/b16-15+,25-22+. The van der Waals surface area contributed by atoms with Gasteiger partial charge in [0.25, 0.3) is 0 Å². The minimum absolute atomic E-state index is 0.543.